The first-order chi connectivity index (χ1) is 15.3. The van der Waals surface area contributed by atoms with Gasteiger partial charge in [0.2, 0.25) is 15.9 Å². The van der Waals surface area contributed by atoms with E-state index in [4.69, 9.17) is 4.42 Å². The predicted octanol–water partition coefficient (Wildman–Crippen LogP) is 2.38. The van der Waals surface area contributed by atoms with E-state index in [1.165, 1.54) is 18.4 Å². The molecule has 1 aromatic heterocycles. The number of amides is 2. The number of carbonyl (C=O) groups is 2. The van der Waals surface area contributed by atoms with Crippen LogP contribution in [0.4, 0.5) is 4.39 Å². The van der Waals surface area contributed by atoms with Gasteiger partial charge in [-0.05, 0) is 68.5 Å². The number of likely N-dealkylation sites (tertiary alicyclic amines) is 2. The Kier molecular flexibility index (Phi) is 6.61. The lowest BCUT2D eigenvalue weighted by Gasteiger charge is -2.39. The van der Waals surface area contributed by atoms with Crippen LogP contribution in [0, 0.1) is 5.82 Å². The second kappa shape index (κ2) is 9.41. The van der Waals surface area contributed by atoms with Gasteiger partial charge in [0.05, 0.1) is 11.2 Å². The molecule has 2 amide bonds. The number of benzene rings is 1. The largest absolute Gasteiger partial charge is 0.459 e. The zero-order valence-electron chi connectivity index (χ0n) is 17.6. The number of rotatable bonds is 5. The van der Waals surface area contributed by atoms with E-state index in [-0.39, 0.29) is 28.5 Å². The van der Waals surface area contributed by atoms with Crippen LogP contribution in [0.3, 0.4) is 0 Å². The maximum absolute atomic E-state index is 13.2. The normalized spacial score (nSPS) is 20.3. The number of carbonyl (C=O) groups excluding carboxylic acids is 2. The summed E-state index contributed by atoms with van der Waals surface area (Å²) in [6.45, 7) is 1.30. The molecule has 1 aromatic carbocycles. The van der Waals surface area contributed by atoms with E-state index in [2.05, 4.69) is 4.72 Å². The molecule has 4 rings (SSSR count). The Bertz CT molecular complexity index is 1050. The van der Waals surface area contributed by atoms with Crippen molar-refractivity contribution in [2.45, 2.75) is 49.1 Å². The highest BCUT2D eigenvalue weighted by molar-refractivity contribution is 7.89. The SMILES string of the molecule is O=C(C1CCCCN1C(=O)c1ccco1)N1CCC(NS(=O)(=O)c2ccc(F)cc2)CC1. The zero-order chi connectivity index (χ0) is 22.7. The Morgan fingerprint density at radius 1 is 1.00 bits per heavy atom. The number of hydrogen-bond acceptors (Lipinski definition) is 5. The van der Waals surface area contributed by atoms with Gasteiger partial charge in [-0.15, -0.1) is 0 Å². The lowest BCUT2D eigenvalue weighted by atomic mass is 9.98. The summed E-state index contributed by atoms with van der Waals surface area (Å²) in [4.78, 5) is 29.3. The van der Waals surface area contributed by atoms with Crippen molar-refractivity contribution in [3.8, 4) is 0 Å². The standard InChI is InChI=1S/C22H26FN3O5S/c23-16-6-8-18(9-7-16)32(29,30)24-17-10-13-25(14-11-17)21(27)19-4-1-2-12-26(19)22(28)20-5-3-15-31-20/h3,5-9,15,17,19,24H,1-2,4,10-14H2. The first kappa shape index (κ1) is 22.5. The summed E-state index contributed by atoms with van der Waals surface area (Å²) in [5.74, 6) is -0.670. The van der Waals surface area contributed by atoms with Gasteiger partial charge in [-0.3, -0.25) is 9.59 Å². The van der Waals surface area contributed by atoms with Crippen molar-refractivity contribution in [2.75, 3.05) is 19.6 Å². The molecule has 1 unspecified atom stereocenters. The molecule has 2 fully saturated rings. The summed E-state index contributed by atoms with van der Waals surface area (Å²) >= 11 is 0. The highest BCUT2D eigenvalue weighted by atomic mass is 32.2. The summed E-state index contributed by atoms with van der Waals surface area (Å²) in [6.07, 6.45) is 4.67. The van der Waals surface area contributed by atoms with Crippen LogP contribution in [0.15, 0.2) is 52.0 Å². The summed E-state index contributed by atoms with van der Waals surface area (Å²) in [6, 6.07) is 7.05. The smallest absolute Gasteiger partial charge is 0.290 e. The average Bonchev–Trinajstić information content (AvgIpc) is 3.34. The van der Waals surface area contributed by atoms with Crippen LogP contribution in [0.2, 0.25) is 0 Å². The Balaban J connectivity index is 1.36. The van der Waals surface area contributed by atoms with Crippen molar-refractivity contribution < 1.29 is 26.8 Å². The average molecular weight is 464 g/mol. The van der Waals surface area contributed by atoms with Crippen molar-refractivity contribution in [1.82, 2.24) is 14.5 Å². The van der Waals surface area contributed by atoms with Gasteiger partial charge >= 0.3 is 0 Å². The second-order valence-corrected chi connectivity index (χ2v) is 9.88. The van der Waals surface area contributed by atoms with E-state index in [9.17, 15) is 22.4 Å². The van der Waals surface area contributed by atoms with Crippen LogP contribution >= 0.6 is 0 Å². The Morgan fingerprint density at radius 3 is 2.38 bits per heavy atom. The number of piperidine rings is 2. The van der Waals surface area contributed by atoms with Crippen LogP contribution in [0.5, 0.6) is 0 Å². The van der Waals surface area contributed by atoms with Gasteiger partial charge in [-0.1, -0.05) is 0 Å². The quantitative estimate of drug-likeness (QED) is 0.734. The van der Waals surface area contributed by atoms with Crippen molar-refractivity contribution in [1.29, 1.82) is 0 Å². The molecule has 172 valence electrons. The topological polar surface area (TPSA) is 99.9 Å². The molecule has 1 atom stereocenters. The second-order valence-electron chi connectivity index (χ2n) is 8.16. The van der Waals surface area contributed by atoms with Gasteiger partial charge in [0.25, 0.3) is 5.91 Å². The van der Waals surface area contributed by atoms with Gasteiger partial charge in [-0.25, -0.2) is 17.5 Å². The molecular formula is C22H26FN3O5S. The van der Waals surface area contributed by atoms with E-state index < -0.39 is 21.9 Å². The molecule has 0 saturated carbocycles. The minimum absolute atomic E-state index is 0.00620. The van der Waals surface area contributed by atoms with E-state index in [0.717, 1.165) is 25.0 Å². The molecule has 32 heavy (non-hydrogen) atoms. The molecule has 2 aliphatic heterocycles. The first-order valence-electron chi connectivity index (χ1n) is 10.8. The van der Waals surface area contributed by atoms with Crippen LogP contribution in [-0.2, 0) is 14.8 Å². The van der Waals surface area contributed by atoms with Crippen molar-refractivity contribution >= 4 is 21.8 Å². The fourth-order valence-electron chi connectivity index (χ4n) is 4.30. The molecule has 8 nitrogen and oxygen atoms in total. The number of nitrogens with one attached hydrogen (secondary N) is 1. The number of halogens is 1. The third-order valence-electron chi connectivity index (χ3n) is 6.03. The van der Waals surface area contributed by atoms with Crippen molar-refractivity contribution in [3.63, 3.8) is 0 Å². The molecule has 0 aliphatic carbocycles. The van der Waals surface area contributed by atoms with E-state index in [0.29, 0.717) is 38.9 Å². The molecule has 1 N–H and O–H groups in total. The summed E-state index contributed by atoms with van der Waals surface area (Å²) in [5.41, 5.74) is 0. The summed E-state index contributed by atoms with van der Waals surface area (Å²) < 4.78 is 46.0. The molecule has 0 spiro atoms. The molecular weight excluding hydrogens is 437 g/mol. The molecule has 2 saturated heterocycles. The van der Waals surface area contributed by atoms with Gasteiger partial charge in [0.1, 0.15) is 11.9 Å². The van der Waals surface area contributed by atoms with Crippen molar-refractivity contribution in [3.05, 3.63) is 54.2 Å². The molecule has 2 aliphatic rings. The third-order valence-corrected chi connectivity index (χ3v) is 7.57. The van der Waals surface area contributed by atoms with Crippen LogP contribution in [0.1, 0.15) is 42.7 Å². The summed E-state index contributed by atoms with van der Waals surface area (Å²) in [7, 11) is -3.76. The lowest BCUT2D eigenvalue weighted by Crippen LogP contribution is -2.55. The molecule has 2 aromatic rings. The van der Waals surface area contributed by atoms with E-state index in [1.807, 2.05) is 0 Å². The molecule has 10 heteroatoms. The predicted molar refractivity (Wildman–Crippen MR) is 114 cm³/mol. The van der Waals surface area contributed by atoms with Gasteiger partial charge < -0.3 is 14.2 Å². The summed E-state index contributed by atoms with van der Waals surface area (Å²) in [5, 5.41) is 0. The Hall–Kier alpha value is -2.72. The highest BCUT2D eigenvalue weighted by Gasteiger charge is 2.37. The fraction of sp³-hybridized carbons (Fsp3) is 0.455. The van der Waals surface area contributed by atoms with Crippen LogP contribution in [-0.4, -0.2) is 61.7 Å². The van der Waals surface area contributed by atoms with Crippen molar-refractivity contribution in [2.24, 2.45) is 0 Å². The molecule has 0 radical (unpaired) electrons. The first-order valence-corrected chi connectivity index (χ1v) is 12.2. The van der Waals surface area contributed by atoms with Gasteiger partial charge in [-0.2, -0.15) is 0 Å². The van der Waals surface area contributed by atoms with E-state index >= 15 is 0 Å². The maximum atomic E-state index is 13.2. The monoisotopic (exact) mass is 463 g/mol. The fourth-order valence-corrected chi connectivity index (χ4v) is 5.61. The number of nitrogens with zero attached hydrogens (tertiary/aromatic N) is 2. The van der Waals surface area contributed by atoms with E-state index in [1.54, 1.807) is 21.9 Å². The van der Waals surface area contributed by atoms with Gasteiger partial charge in [0, 0.05) is 25.7 Å². The number of hydrogen-bond donors (Lipinski definition) is 1. The molecule has 0 bridgehead atoms. The van der Waals surface area contributed by atoms with Gasteiger partial charge in [0.15, 0.2) is 5.76 Å². The molecule has 3 heterocycles. The lowest BCUT2D eigenvalue weighted by molar-refractivity contribution is -0.138. The minimum Gasteiger partial charge on any atom is -0.459 e. The van der Waals surface area contributed by atoms with Crippen LogP contribution in [0.25, 0.3) is 0 Å². The van der Waals surface area contributed by atoms with Crippen LogP contribution < -0.4 is 4.72 Å². The Labute approximate surface area is 186 Å². The zero-order valence-corrected chi connectivity index (χ0v) is 18.4. The maximum Gasteiger partial charge on any atom is 0.290 e. The Morgan fingerprint density at radius 2 is 1.72 bits per heavy atom. The third kappa shape index (κ3) is 4.86. The highest BCUT2D eigenvalue weighted by Crippen LogP contribution is 2.24. The number of furan rings is 1. The minimum atomic E-state index is -3.76. The number of sulfonamides is 1.